The third kappa shape index (κ3) is 3.67. The van der Waals surface area contributed by atoms with Gasteiger partial charge in [-0.25, -0.2) is 9.37 Å². The largest absolute Gasteiger partial charge is 0.309 e. The van der Waals surface area contributed by atoms with Gasteiger partial charge in [-0.3, -0.25) is 9.59 Å². The number of nitrogens with one attached hydrogen (secondary N) is 1. The number of carbonyl (C=O) groups excluding carboxylic acids is 1. The molecule has 0 saturated heterocycles. The number of aryl methyl sites for hydroxylation is 2. The SMILES string of the molecule is Cc1sc2nc(CS[C@@H](C)C(=O)c3ccc(F)cc3)[nH]c(=O)c2c1C. The molecule has 130 valence electrons. The Kier molecular flexibility index (Phi) is 5.06. The molecule has 4 nitrogen and oxygen atoms in total. The van der Waals surface area contributed by atoms with Gasteiger partial charge in [0.1, 0.15) is 16.5 Å². The molecule has 0 bridgehead atoms. The van der Waals surface area contributed by atoms with Crippen LogP contribution >= 0.6 is 23.1 Å². The van der Waals surface area contributed by atoms with Crippen LogP contribution in [0.2, 0.25) is 0 Å². The van der Waals surface area contributed by atoms with Crippen LogP contribution < -0.4 is 5.56 Å². The van der Waals surface area contributed by atoms with E-state index < -0.39 is 0 Å². The molecule has 2 heterocycles. The third-order valence-corrected chi connectivity index (χ3v) is 6.31. The standard InChI is InChI=1S/C18H17FN2O2S2/c1-9-10(2)25-18-15(9)17(23)20-14(21-18)8-24-11(3)16(22)12-4-6-13(19)7-5-12/h4-7,11H,8H2,1-3H3,(H,20,21,23)/t11-/m0/s1. The lowest BCUT2D eigenvalue weighted by molar-refractivity contribution is 0.0994. The zero-order valence-corrected chi connectivity index (χ0v) is 15.7. The number of hydrogen-bond acceptors (Lipinski definition) is 5. The van der Waals surface area contributed by atoms with Gasteiger partial charge in [0.2, 0.25) is 0 Å². The fraction of sp³-hybridized carbons (Fsp3) is 0.278. The summed E-state index contributed by atoms with van der Waals surface area (Å²) in [5, 5.41) is 0.324. The maximum absolute atomic E-state index is 13.0. The van der Waals surface area contributed by atoms with Crippen LogP contribution in [-0.4, -0.2) is 21.0 Å². The van der Waals surface area contributed by atoms with Crippen molar-refractivity contribution in [3.05, 3.63) is 62.3 Å². The van der Waals surface area contributed by atoms with E-state index in [0.29, 0.717) is 22.5 Å². The number of Topliss-reactive ketones (excluding diaryl/α,β-unsaturated/α-hetero) is 1. The molecule has 0 saturated carbocycles. The van der Waals surface area contributed by atoms with Crippen molar-refractivity contribution < 1.29 is 9.18 Å². The van der Waals surface area contributed by atoms with Gasteiger partial charge in [-0.1, -0.05) is 0 Å². The molecule has 0 amide bonds. The van der Waals surface area contributed by atoms with Crippen molar-refractivity contribution in [1.82, 2.24) is 9.97 Å². The molecule has 0 aliphatic heterocycles. The first-order valence-corrected chi connectivity index (χ1v) is 9.63. The van der Waals surface area contributed by atoms with Crippen molar-refractivity contribution in [3.8, 4) is 0 Å². The number of ketones is 1. The number of thioether (sulfide) groups is 1. The molecular formula is C18H17FN2O2S2. The highest BCUT2D eigenvalue weighted by atomic mass is 32.2. The summed E-state index contributed by atoms with van der Waals surface area (Å²) in [5.41, 5.74) is 1.30. The summed E-state index contributed by atoms with van der Waals surface area (Å²) in [6.45, 7) is 5.69. The molecule has 0 fully saturated rings. The highest BCUT2D eigenvalue weighted by Crippen LogP contribution is 2.27. The van der Waals surface area contributed by atoms with Crippen LogP contribution in [0, 0.1) is 19.7 Å². The van der Waals surface area contributed by atoms with Crippen LogP contribution in [0.25, 0.3) is 10.2 Å². The predicted octanol–water partition coefficient (Wildman–Crippen LogP) is 4.25. The van der Waals surface area contributed by atoms with E-state index in [1.807, 2.05) is 13.8 Å². The summed E-state index contributed by atoms with van der Waals surface area (Å²) in [6, 6.07) is 5.52. The van der Waals surface area contributed by atoms with Gasteiger partial charge in [-0.2, -0.15) is 0 Å². The van der Waals surface area contributed by atoms with Crippen molar-refractivity contribution >= 4 is 39.1 Å². The van der Waals surface area contributed by atoms with Gasteiger partial charge >= 0.3 is 0 Å². The molecule has 1 aromatic carbocycles. The van der Waals surface area contributed by atoms with Crippen LogP contribution in [0.5, 0.6) is 0 Å². The molecule has 0 aliphatic carbocycles. The molecule has 1 N–H and O–H groups in total. The Balaban J connectivity index is 1.74. The first-order chi connectivity index (χ1) is 11.9. The lowest BCUT2D eigenvalue weighted by Gasteiger charge is -2.10. The number of nitrogens with zero attached hydrogens (tertiary/aromatic N) is 1. The molecule has 0 unspecified atom stereocenters. The first kappa shape index (κ1) is 17.8. The highest BCUT2D eigenvalue weighted by Gasteiger charge is 2.17. The Hall–Kier alpha value is -1.99. The van der Waals surface area contributed by atoms with Gasteiger partial charge in [-0.05, 0) is 50.6 Å². The summed E-state index contributed by atoms with van der Waals surface area (Å²) in [6.07, 6.45) is 0. The molecule has 7 heteroatoms. The second-order valence-electron chi connectivity index (χ2n) is 5.80. The van der Waals surface area contributed by atoms with E-state index in [0.717, 1.165) is 15.3 Å². The lowest BCUT2D eigenvalue weighted by Crippen LogP contribution is -2.15. The van der Waals surface area contributed by atoms with E-state index in [1.54, 1.807) is 6.92 Å². The normalized spacial score (nSPS) is 12.5. The van der Waals surface area contributed by atoms with Gasteiger partial charge in [0, 0.05) is 10.4 Å². The third-order valence-electron chi connectivity index (χ3n) is 4.06. The Bertz CT molecular complexity index is 993. The van der Waals surface area contributed by atoms with E-state index in [2.05, 4.69) is 9.97 Å². The summed E-state index contributed by atoms with van der Waals surface area (Å²) in [4.78, 5) is 33.8. The molecule has 0 radical (unpaired) electrons. The lowest BCUT2D eigenvalue weighted by atomic mass is 10.1. The zero-order chi connectivity index (χ0) is 18.1. The van der Waals surface area contributed by atoms with Crippen molar-refractivity contribution in [1.29, 1.82) is 0 Å². The molecule has 3 rings (SSSR count). The van der Waals surface area contributed by atoms with E-state index in [4.69, 9.17) is 0 Å². The maximum atomic E-state index is 13.0. The van der Waals surface area contributed by atoms with Crippen LogP contribution in [0.1, 0.15) is 33.5 Å². The van der Waals surface area contributed by atoms with Crippen molar-refractivity contribution in [2.24, 2.45) is 0 Å². The number of hydrogen-bond donors (Lipinski definition) is 1. The molecule has 1 atom stereocenters. The van der Waals surface area contributed by atoms with Crippen molar-refractivity contribution in [2.75, 3.05) is 0 Å². The van der Waals surface area contributed by atoms with E-state index in [9.17, 15) is 14.0 Å². The topological polar surface area (TPSA) is 62.8 Å². The Labute approximate surface area is 152 Å². The molecule has 2 aromatic heterocycles. The number of aromatic nitrogens is 2. The summed E-state index contributed by atoms with van der Waals surface area (Å²) in [5.74, 6) is 0.544. The number of fused-ring (bicyclic) bond motifs is 1. The summed E-state index contributed by atoms with van der Waals surface area (Å²) < 4.78 is 13.0. The average molecular weight is 376 g/mol. The molecule has 0 spiro atoms. The smallest absolute Gasteiger partial charge is 0.259 e. The maximum Gasteiger partial charge on any atom is 0.259 e. The Morgan fingerprint density at radius 1 is 1.32 bits per heavy atom. The number of thiophene rings is 1. The minimum absolute atomic E-state index is 0.0729. The monoisotopic (exact) mass is 376 g/mol. The van der Waals surface area contributed by atoms with Gasteiger partial charge in [-0.15, -0.1) is 23.1 Å². The average Bonchev–Trinajstić information content (AvgIpc) is 2.87. The molecule has 25 heavy (non-hydrogen) atoms. The van der Waals surface area contributed by atoms with Crippen LogP contribution in [0.3, 0.4) is 0 Å². The fourth-order valence-electron chi connectivity index (χ4n) is 2.50. The number of halogens is 1. The van der Waals surface area contributed by atoms with Gasteiger partial charge in [0.15, 0.2) is 5.78 Å². The highest BCUT2D eigenvalue weighted by molar-refractivity contribution is 7.99. The summed E-state index contributed by atoms with van der Waals surface area (Å²) in [7, 11) is 0. The number of benzene rings is 1. The first-order valence-electron chi connectivity index (χ1n) is 7.77. The quantitative estimate of drug-likeness (QED) is 0.677. The number of H-pyrrole nitrogens is 1. The Morgan fingerprint density at radius 3 is 2.68 bits per heavy atom. The van der Waals surface area contributed by atoms with E-state index in [1.165, 1.54) is 47.4 Å². The minimum atomic E-state index is -0.367. The molecular weight excluding hydrogens is 359 g/mol. The number of aromatic amines is 1. The van der Waals surface area contributed by atoms with Gasteiger partial charge in [0.25, 0.3) is 5.56 Å². The number of rotatable bonds is 5. The summed E-state index contributed by atoms with van der Waals surface area (Å²) >= 11 is 2.90. The predicted molar refractivity (Wildman–Crippen MR) is 101 cm³/mol. The molecule has 0 aliphatic rings. The van der Waals surface area contributed by atoms with E-state index >= 15 is 0 Å². The number of carbonyl (C=O) groups is 1. The fourth-order valence-corrected chi connectivity index (χ4v) is 4.38. The van der Waals surface area contributed by atoms with E-state index in [-0.39, 0.29) is 22.4 Å². The zero-order valence-electron chi connectivity index (χ0n) is 14.1. The van der Waals surface area contributed by atoms with Crippen LogP contribution in [0.4, 0.5) is 4.39 Å². The second kappa shape index (κ2) is 7.09. The second-order valence-corrected chi connectivity index (χ2v) is 8.33. The molecule has 3 aromatic rings. The minimum Gasteiger partial charge on any atom is -0.309 e. The van der Waals surface area contributed by atoms with Gasteiger partial charge < -0.3 is 4.98 Å². The van der Waals surface area contributed by atoms with Crippen LogP contribution in [0.15, 0.2) is 29.1 Å². The van der Waals surface area contributed by atoms with Crippen molar-refractivity contribution in [2.45, 2.75) is 31.8 Å². The van der Waals surface area contributed by atoms with Gasteiger partial charge in [0.05, 0.1) is 16.4 Å². The Morgan fingerprint density at radius 2 is 2.00 bits per heavy atom. The van der Waals surface area contributed by atoms with Crippen LogP contribution in [-0.2, 0) is 5.75 Å². The van der Waals surface area contributed by atoms with Crippen molar-refractivity contribution in [3.63, 3.8) is 0 Å².